The summed E-state index contributed by atoms with van der Waals surface area (Å²) in [5, 5.41) is 10.7. The normalized spacial score (nSPS) is 10.7. The first-order valence-electron chi connectivity index (χ1n) is 5.17. The number of sulfonamides is 1. The Morgan fingerprint density at radius 2 is 1.89 bits per heavy atom. The molecule has 104 valence electrons. The second-order valence-electron chi connectivity index (χ2n) is 3.63. The SMILES string of the molecule is NC(=O)Nc1cccc(NS(=O)(=O)CCC(=O)O)c1. The van der Waals surface area contributed by atoms with E-state index in [1.165, 1.54) is 24.3 Å². The summed E-state index contributed by atoms with van der Waals surface area (Å²) in [6.07, 6.45) is -0.492. The summed E-state index contributed by atoms with van der Waals surface area (Å²) in [4.78, 5) is 21.0. The van der Waals surface area contributed by atoms with Crippen molar-refractivity contribution in [1.82, 2.24) is 0 Å². The number of carbonyl (C=O) groups is 2. The Balaban J connectivity index is 2.76. The molecule has 0 aliphatic rings. The maximum Gasteiger partial charge on any atom is 0.316 e. The van der Waals surface area contributed by atoms with E-state index >= 15 is 0 Å². The van der Waals surface area contributed by atoms with Crippen molar-refractivity contribution in [1.29, 1.82) is 0 Å². The van der Waals surface area contributed by atoms with Crippen LogP contribution in [-0.2, 0) is 14.8 Å². The lowest BCUT2D eigenvalue weighted by atomic mass is 10.3. The monoisotopic (exact) mass is 287 g/mol. The van der Waals surface area contributed by atoms with E-state index in [9.17, 15) is 18.0 Å². The van der Waals surface area contributed by atoms with Gasteiger partial charge in [-0.1, -0.05) is 6.07 Å². The van der Waals surface area contributed by atoms with Gasteiger partial charge in [-0.3, -0.25) is 9.52 Å². The predicted octanol–water partition coefficient (Wildman–Crippen LogP) is 0.394. The highest BCUT2D eigenvalue weighted by atomic mass is 32.2. The minimum atomic E-state index is -3.75. The number of carboxylic acids is 1. The number of benzene rings is 1. The molecule has 1 aromatic carbocycles. The van der Waals surface area contributed by atoms with Crippen LogP contribution >= 0.6 is 0 Å². The summed E-state index contributed by atoms with van der Waals surface area (Å²) in [6, 6.07) is 5.10. The number of rotatable bonds is 6. The fraction of sp³-hybridized carbons (Fsp3) is 0.200. The van der Waals surface area contributed by atoms with Crippen LogP contribution in [-0.4, -0.2) is 31.3 Å². The van der Waals surface area contributed by atoms with E-state index in [4.69, 9.17) is 10.8 Å². The number of carboxylic acid groups (broad SMARTS) is 1. The van der Waals surface area contributed by atoms with Crippen LogP contribution in [0.1, 0.15) is 6.42 Å². The number of hydrogen-bond acceptors (Lipinski definition) is 4. The van der Waals surface area contributed by atoms with Crippen molar-refractivity contribution in [3.63, 3.8) is 0 Å². The maximum absolute atomic E-state index is 11.6. The predicted molar refractivity (Wildman–Crippen MR) is 69.3 cm³/mol. The number of nitrogens with two attached hydrogens (primary N) is 1. The van der Waals surface area contributed by atoms with Crippen molar-refractivity contribution in [3.05, 3.63) is 24.3 Å². The van der Waals surface area contributed by atoms with Gasteiger partial charge in [0.2, 0.25) is 10.0 Å². The van der Waals surface area contributed by atoms with Crippen molar-refractivity contribution in [2.24, 2.45) is 5.73 Å². The molecule has 0 spiro atoms. The average Bonchev–Trinajstić information content (AvgIpc) is 2.25. The zero-order chi connectivity index (χ0) is 14.5. The summed E-state index contributed by atoms with van der Waals surface area (Å²) in [7, 11) is -3.75. The van der Waals surface area contributed by atoms with Crippen LogP contribution in [0.2, 0.25) is 0 Å². The van der Waals surface area contributed by atoms with E-state index in [2.05, 4.69) is 10.0 Å². The summed E-state index contributed by atoms with van der Waals surface area (Å²) >= 11 is 0. The van der Waals surface area contributed by atoms with Crippen molar-refractivity contribution < 1.29 is 23.1 Å². The molecule has 0 aromatic heterocycles. The molecule has 0 saturated heterocycles. The number of aliphatic carboxylic acids is 1. The van der Waals surface area contributed by atoms with Crippen LogP contribution in [0.4, 0.5) is 16.2 Å². The third-order valence-corrected chi connectivity index (χ3v) is 3.28. The minimum Gasteiger partial charge on any atom is -0.481 e. The second kappa shape index (κ2) is 6.05. The zero-order valence-electron chi connectivity index (χ0n) is 9.79. The first kappa shape index (κ1) is 14.8. The number of anilines is 2. The Hall–Kier alpha value is -2.29. The first-order chi connectivity index (χ1) is 8.78. The quantitative estimate of drug-likeness (QED) is 0.599. The minimum absolute atomic E-state index is 0.205. The largest absolute Gasteiger partial charge is 0.481 e. The van der Waals surface area contributed by atoms with Gasteiger partial charge in [0, 0.05) is 5.69 Å². The third kappa shape index (κ3) is 5.73. The highest BCUT2D eigenvalue weighted by Gasteiger charge is 2.13. The van der Waals surface area contributed by atoms with E-state index in [1.54, 1.807) is 0 Å². The van der Waals surface area contributed by atoms with Gasteiger partial charge in [0.1, 0.15) is 0 Å². The van der Waals surface area contributed by atoms with Gasteiger partial charge in [-0.2, -0.15) is 0 Å². The molecule has 0 radical (unpaired) electrons. The lowest BCUT2D eigenvalue weighted by Crippen LogP contribution is -2.20. The molecule has 0 heterocycles. The molecule has 0 unspecified atom stereocenters. The molecule has 19 heavy (non-hydrogen) atoms. The molecular formula is C10H13N3O5S. The van der Waals surface area contributed by atoms with Gasteiger partial charge < -0.3 is 16.2 Å². The topological polar surface area (TPSA) is 139 Å². The van der Waals surface area contributed by atoms with E-state index in [-0.39, 0.29) is 5.69 Å². The fourth-order valence-electron chi connectivity index (χ4n) is 1.25. The van der Waals surface area contributed by atoms with Gasteiger partial charge in [0.05, 0.1) is 17.9 Å². The second-order valence-corrected chi connectivity index (χ2v) is 5.48. The smallest absolute Gasteiger partial charge is 0.316 e. The molecule has 0 atom stereocenters. The fourth-order valence-corrected chi connectivity index (χ4v) is 2.29. The van der Waals surface area contributed by atoms with E-state index in [0.29, 0.717) is 5.69 Å². The highest BCUT2D eigenvalue weighted by molar-refractivity contribution is 7.92. The average molecular weight is 287 g/mol. The summed E-state index contributed by atoms with van der Waals surface area (Å²) in [5.41, 5.74) is 5.46. The lowest BCUT2D eigenvalue weighted by Gasteiger charge is -2.08. The number of carbonyl (C=O) groups excluding carboxylic acids is 1. The number of urea groups is 1. The number of hydrogen-bond donors (Lipinski definition) is 4. The van der Waals surface area contributed by atoms with Crippen molar-refractivity contribution >= 4 is 33.4 Å². The van der Waals surface area contributed by atoms with Crippen molar-refractivity contribution in [3.8, 4) is 0 Å². The van der Waals surface area contributed by atoms with Crippen molar-refractivity contribution in [2.45, 2.75) is 6.42 Å². The van der Waals surface area contributed by atoms with Gasteiger partial charge in [-0.05, 0) is 18.2 Å². The number of nitrogens with one attached hydrogen (secondary N) is 2. The molecule has 2 amide bonds. The molecule has 0 fully saturated rings. The summed E-state index contributed by atoms with van der Waals surface area (Å²) in [6.45, 7) is 0. The van der Waals surface area contributed by atoms with Crippen LogP contribution in [0.3, 0.4) is 0 Å². The van der Waals surface area contributed by atoms with Crippen LogP contribution in [0.15, 0.2) is 24.3 Å². The first-order valence-corrected chi connectivity index (χ1v) is 6.82. The molecule has 0 aliphatic heterocycles. The Morgan fingerprint density at radius 3 is 2.47 bits per heavy atom. The van der Waals surface area contributed by atoms with Gasteiger partial charge in [0.25, 0.3) is 0 Å². The highest BCUT2D eigenvalue weighted by Crippen LogP contribution is 2.16. The van der Waals surface area contributed by atoms with E-state index in [0.717, 1.165) is 0 Å². The van der Waals surface area contributed by atoms with Gasteiger partial charge in [-0.15, -0.1) is 0 Å². The van der Waals surface area contributed by atoms with Crippen LogP contribution < -0.4 is 15.8 Å². The lowest BCUT2D eigenvalue weighted by molar-refractivity contribution is -0.136. The zero-order valence-corrected chi connectivity index (χ0v) is 10.6. The van der Waals surface area contributed by atoms with Crippen molar-refractivity contribution in [2.75, 3.05) is 15.8 Å². The molecule has 9 heteroatoms. The standard InChI is InChI=1S/C10H13N3O5S/c11-10(16)12-7-2-1-3-8(6-7)13-19(17,18)5-4-9(14)15/h1-3,6,13H,4-5H2,(H,14,15)(H3,11,12,16). The molecule has 8 nitrogen and oxygen atoms in total. The molecule has 1 rings (SSSR count). The number of primary amides is 1. The molecular weight excluding hydrogens is 274 g/mol. The summed E-state index contributed by atoms with van der Waals surface area (Å²) < 4.78 is 25.3. The van der Waals surface area contributed by atoms with Crippen LogP contribution in [0.25, 0.3) is 0 Å². The maximum atomic E-state index is 11.6. The van der Waals surface area contributed by atoms with Gasteiger partial charge >= 0.3 is 12.0 Å². The Labute approximate surface area is 109 Å². The third-order valence-electron chi connectivity index (χ3n) is 1.99. The molecule has 0 aliphatic carbocycles. The molecule has 1 aromatic rings. The Kier molecular flexibility index (Phi) is 4.70. The van der Waals surface area contributed by atoms with Crippen LogP contribution in [0, 0.1) is 0 Å². The Bertz CT molecular complexity index is 585. The van der Waals surface area contributed by atoms with Gasteiger partial charge in [0.15, 0.2) is 0 Å². The molecule has 0 saturated carbocycles. The van der Waals surface area contributed by atoms with E-state index in [1.807, 2.05) is 0 Å². The van der Waals surface area contributed by atoms with E-state index < -0.39 is 34.2 Å². The summed E-state index contributed by atoms with van der Waals surface area (Å²) in [5.74, 6) is -1.73. The molecule has 5 N–H and O–H groups in total. The number of amides is 2. The van der Waals surface area contributed by atoms with Gasteiger partial charge in [-0.25, -0.2) is 13.2 Å². The molecule has 0 bridgehead atoms. The van der Waals surface area contributed by atoms with Crippen LogP contribution in [0.5, 0.6) is 0 Å². The Morgan fingerprint density at radius 1 is 1.26 bits per heavy atom.